The van der Waals surface area contributed by atoms with E-state index in [1.807, 2.05) is 16.4 Å². The fourth-order valence-electron chi connectivity index (χ4n) is 1.75. The van der Waals surface area contributed by atoms with Crippen LogP contribution in [0.3, 0.4) is 0 Å². The predicted molar refractivity (Wildman–Crippen MR) is 61.5 cm³/mol. The molecule has 3 nitrogen and oxygen atoms in total. The molecule has 1 aromatic rings. The first-order chi connectivity index (χ1) is 6.50. The third-order valence-corrected chi connectivity index (χ3v) is 3.45. The Morgan fingerprint density at radius 2 is 2.14 bits per heavy atom. The van der Waals surface area contributed by atoms with Gasteiger partial charge in [-0.1, -0.05) is 0 Å². The highest BCUT2D eigenvalue weighted by molar-refractivity contribution is 7.98. The van der Waals surface area contributed by atoms with Gasteiger partial charge in [0, 0.05) is 11.3 Å². The van der Waals surface area contributed by atoms with Gasteiger partial charge in [0.25, 0.3) is 0 Å². The Hall–Kier alpha value is -0.640. The maximum atomic E-state index is 6.10. The van der Waals surface area contributed by atoms with Crippen molar-refractivity contribution >= 4 is 17.6 Å². The quantitative estimate of drug-likeness (QED) is 0.714. The summed E-state index contributed by atoms with van der Waals surface area (Å²) in [6, 6.07) is 0. The van der Waals surface area contributed by atoms with Crippen LogP contribution in [0.2, 0.25) is 0 Å². The van der Waals surface area contributed by atoms with Crippen LogP contribution in [0, 0.1) is 0 Å². The number of rotatable bonds is 0. The summed E-state index contributed by atoms with van der Waals surface area (Å²) < 4.78 is 1.96. The molecule has 2 rings (SSSR count). The van der Waals surface area contributed by atoms with E-state index in [2.05, 4.69) is 25.9 Å². The Morgan fingerprint density at radius 1 is 1.43 bits per heavy atom. The third-order valence-electron chi connectivity index (χ3n) is 2.48. The average molecular weight is 211 g/mol. The lowest BCUT2D eigenvalue weighted by Gasteiger charge is -2.20. The number of aromatic nitrogens is 2. The van der Waals surface area contributed by atoms with Crippen molar-refractivity contribution in [2.24, 2.45) is 0 Å². The van der Waals surface area contributed by atoms with Crippen LogP contribution in [0.5, 0.6) is 0 Å². The summed E-state index contributed by atoms with van der Waals surface area (Å²) in [6.45, 7) is 6.40. The van der Waals surface area contributed by atoms with Gasteiger partial charge in [-0.2, -0.15) is 16.9 Å². The molecule has 0 fully saturated rings. The van der Waals surface area contributed by atoms with Crippen molar-refractivity contribution in [3.8, 4) is 0 Å². The second-order valence-corrected chi connectivity index (χ2v) is 5.80. The van der Waals surface area contributed by atoms with Gasteiger partial charge in [-0.25, -0.2) is 4.68 Å². The zero-order valence-corrected chi connectivity index (χ0v) is 9.82. The van der Waals surface area contributed by atoms with Crippen LogP contribution in [0.1, 0.15) is 32.0 Å². The lowest BCUT2D eigenvalue weighted by atomic mass is 10.1. The summed E-state index contributed by atoms with van der Waals surface area (Å²) in [6.07, 6.45) is 1.07. The van der Waals surface area contributed by atoms with E-state index in [4.69, 9.17) is 5.73 Å². The van der Waals surface area contributed by atoms with Crippen molar-refractivity contribution in [1.29, 1.82) is 0 Å². The van der Waals surface area contributed by atoms with Crippen molar-refractivity contribution in [2.45, 2.75) is 38.5 Å². The molecule has 2 heterocycles. The Kier molecular flexibility index (Phi) is 2.26. The van der Waals surface area contributed by atoms with E-state index in [0.717, 1.165) is 18.0 Å². The highest BCUT2D eigenvalue weighted by Gasteiger charge is 2.24. The van der Waals surface area contributed by atoms with Gasteiger partial charge in [-0.15, -0.1) is 0 Å². The molecule has 14 heavy (non-hydrogen) atoms. The first-order valence-corrected chi connectivity index (χ1v) is 6.10. The number of fused-ring (bicyclic) bond motifs is 1. The molecule has 0 saturated heterocycles. The molecule has 0 amide bonds. The van der Waals surface area contributed by atoms with E-state index in [-0.39, 0.29) is 5.54 Å². The second kappa shape index (κ2) is 3.19. The molecule has 0 aliphatic carbocycles. The van der Waals surface area contributed by atoms with Crippen molar-refractivity contribution in [3.05, 3.63) is 11.3 Å². The molecule has 0 spiro atoms. The normalized spacial score (nSPS) is 16.8. The minimum absolute atomic E-state index is 0.00785. The molecule has 0 radical (unpaired) electrons. The zero-order valence-electron chi connectivity index (χ0n) is 9.00. The van der Waals surface area contributed by atoms with E-state index < -0.39 is 0 Å². The number of thioether (sulfide) groups is 1. The molecule has 1 aliphatic heterocycles. The first kappa shape index (κ1) is 9.90. The lowest BCUT2D eigenvalue weighted by molar-refractivity contribution is 0.360. The standard InChI is InChI=1S/C10H17N3S/c1-10(2,3)13-9(11)7-4-5-14-6-8(7)12-13/h4-6,11H2,1-3H3. The molecule has 0 bridgehead atoms. The Labute approximate surface area is 89.1 Å². The number of hydrogen-bond acceptors (Lipinski definition) is 3. The summed E-state index contributed by atoms with van der Waals surface area (Å²) >= 11 is 1.94. The van der Waals surface area contributed by atoms with Gasteiger partial charge >= 0.3 is 0 Å². The van der Waals surface area contributed by atoms with E-state index in [1.54, 1.807) is 0 Å². The molecule has 78 valence electrons. The van der Waals surface area contributed by atoms with E-state index in [9.17, 15) is 0 Å². The van der Waals surface area contributed by atoms with Crippen LogP contribution >= 0.6 is 11.8 Å². The van der Waals surface area contributed by atoms with Crippen molar-refractivity contribution in [1.82, 2.24) is 9.78 Å². The number of nitrogens with zero attached hydrogens (tertiary/aromatic N) is 2. The average Bonchev–Trinajstić information content (AvgIpc) is 2.44. The summed E-state index contributed by atoms with van der Waals surface area (Å²) in [5, 5.41) is 4.59. The molecule has 4 heteroatoms. The van der Waals surface area contributed by atoms with Crippen LogP contribution in [0.15, 0.2) is 0 Å². The van der Waals surface area contributed by atoms with Crippen LogP contribution in [0.4, 0.5) is 5.82 Å². The maximum absolute atomic E-state index is 6.10. The molecular formula is C10H17N3S. The van der Waals surface area contributed by atoms with E-state index in [1.165, 1.54) is 17.0 Å². The third kappa shape index (κ3) is 1.52. The van der Waals surface area contributed by atoms with Gasteiger partial charge in [0.1, 0.15) is 5.82 Å². The van der Waals surface area contributed by atoms with Crippen LogP contribution < -0.4 is 5.73 Å². The van der Waals surface area contributed by atoms with Crippen LogP contribution in [-0.2, 0) is 17.7 Å². The minimum Gasteiger partial charge on any atom is -0.384 e. The molecule has 0 saturated carbocycles. The summed E-state index contributed by atoms with van der Waals surface area (Å²) in [5.74, 6) is 3.06. The highest BCUT2D eigenvalue weighted by Crippen LogP contribution is 2.31. The fourth-order valence-corrected chi connectivity index (χ4v) is 2.67. The van der Waals surface area contributed by atoms with Crippen molar-refractivity contribution in [2.75, 3.05) is 11.5 Å². The molecule has 1 aliphatic rings. The number of hydrogen-bond donors (Lipinski definition) is 1. The van der Waals surface area contributed by atoms with Crippen LogP contribution in [-0.4, -0.2) is 15.5 Å². The molecule has 2 N–H and O–H groups in total. The van der Waals surface area contributed by atoms with Gasteiger partial charge in [0.2, 0.25) is 0 Å². The van der Waals surface area contributed by atoms with E-state index >= 15 is 0 Å². The van der Waals surface area contributed by atoms with E-state index in [0.29, 0.717) is 0 Å². The molecule has 0 atom stereocenters. The Morgan fingerprint density at radius 3 is 2.71 bits per heavy atom. The van der Waals surface area contributed by atoms with Crippen molar-refractivity contribution < 1.29 is 0 Å². The molecular weight excluding hydrogens is 194 g/mol. The van der Waals surface area contributed by atoms with Gasteiger partial charge in [0.05, 0.1) is 11.2 Å². The SMILES string of the molecule is CC(C)(C)n1nc2c(c1N)CCSC2. The predicted octanol–water partition coefficient (Wildman–Crippen LogP) is 2.01. The molecule has 0 aromatic carbocycles. The zero-order chi connectivity index (χ0) is 10.3. The monoisotopic (exact) mass is 211 g/mol. The Bertz CT molecular complexity index is 349. The maximum Gasteiger partial charge on any atom is 0.125 e. The molecule has 1 aromatic heterocycles. The summed E-state index contributed by atoms with van der Waals surface area (Å²) in [7, 11) is 0. The van der Waals surface area contributed by atoms with Crippen LogP contribution in [0.25, 0.3) is 0 Å². The lowest BCUT2D eigenvalue weighted by Crippen LogP contribution is -2.25. The Balaban J connectivity index is 2.49. The molecule has 0 unspecified atom stereocenters. The highest BCUT2D eigenvalue weighted by atomic mass is 32.2. The largest absolute Gasteiger partial charge is 0.384 e. The van der Waals surface area contributed by atoms with Gasteiger partial charge < -0.3 is 5.73 Å². The fraction of sp³-hybridized carbons (Fsp3) is 0.700. The first-order valence-electron chi connectivity index (χ1n) is 4.94. The number of anilines is 1. The summed E-state index contributed by atoms with van der Waals surface area (Å²) in [4.78, 5) is 0. The number of nitrogens with two attached hydrogens (primary N) is 1. The van der Waals surface area contributed by atoms with Crippen molar-refractivity contribution in [3.63, 3.8) is 0 Å². The smallest absolute Gasteiger partial charge is 0.125 e. The minimum atomic E-state index is -0.00785. The van der Waals surface area contributed by atoms with Gasteiger partial charge in [0.15, 0.2) is 0 Å². The summed E-state index contributed by atoms with van der Waals surface area (Å²) in [5.41, 5.74) is 8.56. The topological polar surface area (TPSA) is 43.8 Å². The number of nitrogen functional groups attached to an aromatic ring is 1. The van der Waals surface area contributed by atoms with Gasteiger partial charge in [-0.05, 0) is 32.9 Å². The second-order valence-electron chi connectivity index (χ2n) is 4.70. The van der Waals surface area contributed by atoms with Gasteiger partial charge in [-0.3, -0.25) is 0 Å².